The smallest absolute Gasteiger partial charge is 0.0122 e. The van der Waals surface area contributed by atoms with Crippen molar-refractivity contribution in [3.05, 3.63) is 71.4 Å². The van der Waals surface area contributed by atoms with Crippen LogP contribution < -0.4 is 0 Å². The van der Waals surface area contributed by atoms with Gasteiger partial charge in [0.05, 0.1) is 0 Å². The first-order chi connectivity index (χ1) is 8.92. The summed E-state index contributed by atoms with van der Waals surface area (Å²) in [4.78, 5) is 2.56. The second-order valence-corrected chi connectivity index (χ2v) is 5.88. The molecule has 0 fully saturated rings. The van der Waals surface area contributed by atoms with Crippen molar-refractivity contribution in [3.8, 4) is 11.1 Å². The molecule has 3 aromatic rings. The number of hydrogen-bond donors (Lipinski definition) is 0. The highest BCUT2D eigenvalue weighted by Gasteiger charge is 1.99. The minimum atomic E-state index is 1.28. The Morgan fingerprint density at radius 3 is 2.06 bits per heavy atom. The van der Waals surface area contributed by atoms with Gasteiger partial charge in [0.15, 0.2) is 0 Å². The van der Waals surface area contributed by atoms with Crippen molar-refractivity contribution in [2.45, 2.75) is 9.79 Å². The fourth-order valence-corrected chi connectivity index (χ4v) is 3.27. The summed E-state index contributed by atoms with van der Waals surface area (Å²) in [6.45, 7) is 0. The minimum absolute atomic E-state index is 1.28. The molecule has 0 aliphatic carbocycles. The molecule has 0 radical (unpaired) electrons. The van der Waals surface area contributed by atoms with Crippen molar-refractivity contribution >= 4 is 23.1 Å². The third-order valence-electron chi connectivity index (χ3n) is 2.69. The molecule has 0 aliphatic rings. The highest BCUT2D eigenvalue weighted by molar-refractivity contribution is 7.99. The molecule has 1 aromatic heterocycles. The molecule has 88 valence electrons. The highest BCUT2D eigenvalue weighted by Crippen LogP contribution is 2.30. The van der Waals surface area contributed by atoms with Crippen LogP contribution in [0.4, 0.5) is 0 Å². The predicted octanol–water partition coefficient (Wildman–Crippen LogP) is 5.57. The van der Waals surface area contributed by atoms with Crippen LogP contribution in [0.15, 0.2) is 81.2 Å². The third kappa shape index (κ3) is 2.66. The molecule has 0 nitrogen and oxygen atoms in total. The van der Waals surface area contributed by atoms with Crippen LogP contribution in [-0.4, -0.2) is 0 Å². The topological polar surface area (TPSA) is 0 Å². The molecule has 0 N–H and O–H groups in total. The Morgan fingerprint density at radius 2 is 1.39 bits per heavy atom. The molecule has 0 saturated carbocycles. The lowest BCUT2D eigenvalue weighted by Crippen LogP contribution is -1.75. The van der Waals surface area contributed by atoms with E-state index in [2.05, 4.69) is 65.4 Å². The Kier molecular flexibility index (Phi) is 3.49. The first kappa shape index (κ1) is 11.6. The van der Waals surface area contributed by atoms with Crippen LogP contribution in [0.3, 0.4) is 0 Å². The number of rotatable bonds is 3. The van der Waals surface area contributed by atoms with E-state index in [1.54, 1.807) is 23.1 Å². The van der Waals surface area contributed by atoms with Crippen LogP contribution in [-0.2, 0) is 0 Å². The van der Waals surface area contributed by atoms with Gasteiger partial charge in [-0.15, -0.1) is 0 Å². The van der Waals surface area contributed by atoms with Gasteiger partial charge in [-0.3, -0.25) is 0 Å². The zero-order valence-electron chi connectivity index (χ0n) is 9.74. The van der Waals surface area contributed by atoms with Crippen molar-refractivity contribution < 1.29 is 0 Å². The van der Waals surface area contributed by atoms with Gasteiger partial charge in [-0.25, -0.2) is 0 Å². The molecule has 3 rings (SSSR count). The average Bonchev–Trinajstić information content (AvgIpc) is 2.95. The monoisotopic (exact) mass is 268 g/mol. The largest absolute Gasteiger partial charge is 0.152 e. The Bertz CT molecular complexity index is 595. The molecule has 0 spiro atoms. The summed E-state index contributed by atoms with van der Waals surface area (Å²) in [6.07, 6.45) is 0. The molecule has 0 atom stereocenters. The first-order valence-electron chi connectivity index (χ1n) is 5.77. The van der Waals surface area contributed by atoms with Gasteiger partial charge < -0.3 is 0 Å². The van der Waals surface area contributed by atoms with Crippen LogP contribution in [0.5, 0.6) is 0 Å². The van der Waals surface area contributed by atoms with Crippen LogP contribution in [0.1, 0.15) is 0 Å². The van der Waals surface area contributed by atoms with Gasteiger partial charge in [-0.1, -0.05) is 42.1 Å². The van der Waals surface area contributed by atoms with E-state index in [-0.39, 0.29) is 0 Å². The molecule has 2 heteroatoms. The van der Waals surface area contributed by atoms with Gasteiger partial charge in [0.2, 0.25) is 0 Å². The molecular weight excluding hydrogens is 256 g/mol. The SMILES string of the molecule is c1ccc(Sc2ccc(-c3ccsc3)cc2)cc1. The van der Waals surface area contributed by atoms with Crippen LogP contribution in [0.2, 0.25) is 0 Å². The third-order valence-corrected chi connectivity index (χ3v) is 4.39. The lowest BCUT2D eigenvalue weighted by Gasteiger charge is -2.03. The molecule has 0 amide bonds. The summed E-state index contributed by atoms with van der Waals surface area (Å²) in [6, 6.07) is 21.4. The lowest BCUT2D eigenvalue weighted by molar-refractivity contribution is 1.41. The van der Waals surface area contributed by atoms with E-state index in [1.807, 2.05) is 6.07 Å². The standard InChI is InChI=1S/C16H12S2/c1-2-4-15(5-3-1)18-16-8-6-13(7-9-16)14-10-11-17-12-14/h1-12H. The summed E-state index contributed by atoms with van der Waals surface area (Å²) in [5, 5.41) is 4.29. The Morgan fingerprint density at radius 1 is 0.667 bits per heavy atom. The van der Waals surface area contributed by atoms with E-state index in [9.17, 15) is 0 Å². The summed E-state index contributed by atoms with van der Waals surface area (Å²) < 4.78 is 0. The maximum absolute atomic E-state index is 2.19. The van der Waals surface area contributed by atoms with Gasteiger partial charge in [0, 0.05) is 9.79 Å². The van der Waals surface area contributed by atoms with Gasteiger partial charge in [-0.05, 0) is 52.2 Å². The first-order valence-corrected chi connectivity index (χ1v) is 7.53. The fourth-order valence-electron chi connectivity index (χ4n) is 1.77. The van der Waals surface area contributed by atoms with Gasteiger partial charge in [0.1, 0.15) is 0 Å². The molecule has 18 heavy (non-hydrogen) atoms. The molecule has 1 heterocycles. The summed E-state index contributed by atoms with van der Waals surface area (Å²) in [5.41, 5.74) is 2.59. The molecule has 0 saturated heterocycles. The van der Waals surface area contributed by atoms with Crippen molar-refractivity contribution in [1.29, 1.82) is 0 Å². The Balaban J connectivity index is 1.80. The van der Waals surface area contributed by atoms with Crippen molar-refractivity contribution in [3.63, 3.8) is 0 Å². The summed E-state index contributed by atoms with van der Waals surface area (Å²) in [5.74, 6) is 0. The Labute approximate surface area is 115 Å². The second-order valence-electron chi connectivity index (χ2n) is 3.95. The Hall–Kier alpha value is -1.51. The van der Waals surface area contributed by atoms with E-state index < -0.39 is 0 Å². The summed E-state index contributed by atoms with van der Waals surface area (Å²) >= 11 is 3.53. The molecule has 2 aromatic carbocycles. The maximum atomic E-state index is 2.19. The van der Waals surface area contributed by atoms with E-state index in [0.29, 0.717) is 0 Å². The number of benzene rings is 2. The molecule has 0 unspecified atom stereocenters. The lowest BCUT2D eigenvalue weighted by atomic mass is 10.1. The zero-order chi connectivity index (χ0) is 12.2. The summed E-state index contributed by atoms with van der Waals surface area (Å²) in [7, 11) is 0. The predicted molar refractivity (Wildman–Crippen MR) is 80.3 cm³/mol. The quantitative estimate of drug-likeness (QED) is 0.598. The normalized spacial score (nSPS) is 10.4. The van der Waals surface area contributed by atoms with Gasteiger partial charge in [0.25, 0.3) is 0 Å². The second kappa shape index (κ2) is 5.42. The van der Waals surface area contributed by atoms with Crippen molar-refractivity contribution in [2.75, 3.05) is 0 Å². The van der Waals surface area contributed by atoms with Crippen molar-refractivity contribution in [1.82, 2.24) is 0 Å². The fraction of sp³-hybridized carbons (Fsp3) is 0. The molecular formula is C16H12S2. The average molecular weight is 268 g/mol. The van der Waals surface area contributed by atoms with Crippen LogP contribution in [0, 0.1) is 0 Å². The van der Waals surface area contributed by atoms with E-state index in [4.69, 9.17) is 0 Å². The zero-order valence-corrected chi connectivity index (χ0v) is 11.4. The van der Waals surface area contributed by atoms with Gasteiger partial charge >= 0.3 is 0 Å². The van der Waals surface area contributed by atoms with Gasteiger partial charge in [-0.2, -0.15) is 11.3 Å². The van der Waals surface area contributed by atoms with Crippen molar-refractivity contribution in [2.24, 2.45) is 0 Å². The number of hydrogen-bond acceptors (Lipinski definition) is 2. The van der Waals surface area contributed by atoms with E-state index in [1.165, 1.54) is 20.9 Å². The minimum Gasteiger partial charge on any atom is -0.152 e. The van der Waals surface area contributed by atoms with Crippen LogP contribution >= 0.6 is 23.1 Å². The van der Waals surface area contributed by atoms with Crippen LogP contribution in [0.25, 0.3) is 11.1 Å². The number of thiophene rings is 1. The molecule has 0 bridgehead atoms. The maximum Gasteiger partial charge on any atom is 0.0122 e. The van der Waals surface area contributed by atoms with E-state index in [0.717, 1.165) is 0 Å². The van der Waals surface area contributed by atoms with E-state index >= 15 is 0 Å². The molecule has 0 aliphatic heterocycles. The highest BCUT2D eigenvalue weighted by atomic mass is 32.2.